The van der Waals surface area contributed by atoms with Crippen molar-refractivity contribution in [1.82, 2.24) is 0 Å². The Bertz CT molecular complexity index is 306. The van der Waals surface area contributed by atoms with Crippen LogP contribution >= 0.6 is 0 Å². The molecule has 1 heteroatoms. The Hall–Kier alpha value is -0.823. The van der Waals surface area contributed by atoms with Gasteiger partial charge in [-0.05, 0) is 30.9 Å². The molecule has 0 unspecified atom stereocenters. The van der Waals surface area contributed by atoms with Gasteiger partial charge in [0, 0.05) is 8.07 Å². The molecule has 1 aromatic carbocycles. The molecule has 0 radical (unpaired) electrons. The zero-order valence-corrected chi connectivity index (χ0v) is 11.9. The second-order valence-electron chi connectivity index (χ2n) is 5.61. The van der Waals surface area contributed by atoms with Crippen LogP contribution in [0.2, 0.25) is 25.7 Å². The summed E-state index contributed by atoms with van der Waals surface area (Å²) in [6.45, 7) is 7.25. The number of unbranched alkanes of at least 4 members (excludes halogenated alkanes) is 1. The van der Waals surface area contributed by atoms with Gasteiger partial charge in [-0.15, -0.1) is 0 Å². The first-order chi connectivity index (χ1) is 7.58. The third-order valence-electron chi connectivity index (χ3n) is 2.58. The van der Waals surface area contributed by atoms with Gasteiger partial charge in [0.1, 0.15) is 0 Å². The van der Waals surface area contributed by atoms with E-state index in [9.17, 15) is 0 Å². The van der Waals surface area contributed by atoms with Crippen molar-refractivity contribution in [2.75, 3.05) is 0 Å². The zero-order chi connectivity index (χ0) is 11.9. The van der Waals surface area contributed by atoms with Gasteiger partial charge < -0.3 is 0 Å². The molecular formula is C15H24Si. The molecule has 0 nitrogen and oxygen atoms in total. The van der Waals surface area contributed by atoms with Crippen molar-refractivity contribution < 1.29 is 0 Å². The summed E-state index contributed by atoms with van der Waals surface area (Å²) in [6.07, 6.45) is 8.45. The Kier molecular flexibility index (Phi) is 5.54. The van der Waals surface area contributed by atoms with Crippen molar-refractivity contribution in [3.05, 3.63) is 48.0 Å². The molecular weight excluding hydrogens is 208 g/mol. The van der Waals surface area contributed by atoms with E-state index in [2.05, 4.69) is 62.1 Å². The normalized spacial score (nSPS) is 12.2. The fourth-order valence-corrected chi connectivity index (χ4v) is 2.50. The van der Waals surface area contributed by atoms with Crippen LogP contribution in [0.15, 0.2) is 42.5 Å². The Balaban J connectivity index is 2.13. The molecule has 1 aromatic rings. The minimum atomic E-state index is -0.868. The maximum Gasteiger partial charge on any atom is 0.0480 e. The topological polar surface area (TPSA) is 0 Å². The predicted molar refractivity (Wildman–Crippen MR) is 76.7 cm³/mol. The number of benzene rings is 1. The van der Waals surface area contributed by atoms with E-state index in [0.29, 0.717) is 0 Å². The molecule has 1 rings (SSSR count). The molecule has 0 atom stereocenters. The van der Waals surface area contributed by atoms with Crippen LogP contribution in [0.1, 0.15) is 18.4 Å². The maximum atomic E-state index is 2.42. The van der Waals surface area contributed by atoms with E-state index in [1.165, 1.54) is 30.9 Å². The van der Waals surface area contributed by atoms with Crippen LogP contribution in [-0.4, -0.2) is 8.07 Å². The van der Waals surface area contributed by atoms with Crippen LogP contribution in [0, 0.1) is 0 Å². The average molecular weight is 232 g/mol. The van der Waals surface area contributed by atoms with Gasteiger partial charge in [-0.1, -0.05) is 62.1 Å². The Morgan fingerprint density at radius 3 is 2.31 bits per heavy atom. The lowest BCUT2D eigenvalue weighted by atomic mass is 10.1. The Morgan fingerprint density at radius 2 is 1.69 bits per heavy atom. The SMILES string of the molecule is C[Si](C)(C)C/C=C\CCCc1ccccc1. The number of hydrogen-bond donors (Lipinski definition) is 0. The molecule has 0 aliphatic rings. The zero-order valence-electron chi connectivity index (χ0n) is 10.9. The molecule has 16 heavy (non-hydrogen) atoms. The lowest BCUT2D eigenvalue weighted by Gasteiger charge is -2.11. The van der Waals surface area contributed by atoms with Crippen molar-refractivity contribution in [2.24, 2.45) is 0 Å². The Morgan fingerprint density at radius 1 is 1.00 bits per heavy atom. The van der Waals surface area contributed by atoms with Gasteiger partial charge in [0.2, 0.25) is 0 Å². The largest absolute Gasteiger partial charge is 0.0912 e. The summed E-state index contributed by atoms with van der Waals surface area (Å²) < 4.78 is 0. The van der Waals surface area contributed by atoms with Gasteiger partial charge in [0.15, 0.2) is 0 Å². The highest BCUT2D eigenvalue weighted by Gasteiger charge is 2.08. The quantitative estimate of drug-likeness (QED) is 0.371. The van der Waals surface area contributed by atoms with Crippen LogP contribution in [0.4, 0.5) is 0 Å². The highest BCUT2D eigenvalue weighted by Crippen LogP contribution is 2.10. The van der Waals surface area contributed by atoms with Gasteiger partial charge in [0.25, 0.3) is 0 Å². The molecule has 0 saturated carbocycles. The molecule has 0 heterocycles. The summed E-state index contributed by atoms with van der Waals surface area (Å²) in [5, 5.41) is 0. The third kappa shape index (κ3) is 6.62. The van der Waals surface area contributed by atoms with Crippen LogP contribution in [0.25, 0.3) is 0 Å². The van der Waals surface area contributed by atoms with E-state index in [0.717, 1.165) is 0 Å². The number of aryl methyl sites for hydroxylation is 1. The van der Waals surface area contributed by atoms with Crippen LogP contribution in [-0.2, 0) is 6.42 Å². The number of allylic oxidation sites excluding steroid dienone is 2. The smallest absolute Gasteiger partial charge is 0.0480 e. The highest BCUT2D eigenvalue weighted by molar-refractivity contribution is 6.76. The first-order valence-corrected chi connectivity index (χ1v) is 9.97. The number of hydrogen-bond acceptors (Lipinski definition) is 0. The van der Waals surface area contributed by atoms with Gasteiger partial charge in [-0.3, -0.25) is 0 Å². The van der Waals surface area contributed by atoms with Crippen LogP contribution in [0.3, 0.4) is 0 Å². The molecule has 0 aliphatic heterocycles. The van der Waals surface area contributed by atoms with E-state index >= 15 is 0 Å². The summed E-state index contributed by atoms with van der Waals surface area (Å²) in [5.74, 6) is 0. The van der Waals surface area contributed by atoms with E-state index in [1.54, 1.807) is 0 Å². The molecule has 0 amide bonds. The third-order valence-corrected chi connectivity index (χ3v) is 4.04. The van der Waals surface area contributed by atoms with E-state index in [1.807, 2.05) is 0 Å². The molecule has 0 fully saturated rings. The lowest BCUT2D eigenvalue weighted by molar-refractivity contribution is 0.842. The van der Waals surface area contributed by atoms with Crippen molar-refractivity contribution >= 4 is 8.07 Å². The van der Waals surface area contributed by atoms with Crippen LogP contribution < -0.4 is 0 Å². The Labute approximate surface area is 101 Å². The highest BCUT2D eigenvalue weighted by atomic mass is 28.3. The fraction of sp³-hybridized carbons (Fsp3) is 0.467. The number of rotatable bonds is 6. The molecule has 88 valence electrons. The summed E-state index contributed by atoms with van der Waals surface area (Å²) in [7, 11) is -0.868. The van der Waals surface area contributed by atoms with Gasteiger partial charge in [0.05, 0.1) is 0 Å². The van der Waals surface area contributed by atoms with Gasteiger partial charge >= 0.3 is 0 Å². The lowest BCUT2D eigenvalue weighted by Crippen LogP contribution is -2.17. The van der Waals surface area contributed by atoms with Gasteiger partial charge in [-0.2, -0.15) is 0 Å². The standard InChI is InChI=1S/C15H24Si/c1-16(2,3)14-10-5-4-7-11-15-12-8-6-9-13-15/h5-6,8-10,12-13H,4,7,11,14H2,1-3H3/b10-5-. The minimum absolute atomic E-state index is 0.868. The van der Waals surface area contributed by atoms with Gasteiger partial charge in [-0.25, -0.2) is 0 Å². The van der Waals surface area contributed by atoms with E-state index in [-0.39, 0.29) is 0 Å². The molecule has 0 saturated heterocycles. The molecule has 0 aliphatic carbocycles. The minimum Gasteiger partial charge on any atom is -0.0912 e. The van der Waals surface area contributed by atoms with E-state index in [4.69, 9.17) is 0 Å². The molecule has 0 bridgehead atoms. The van der Waals surface area contributed by atoms with Crippen molar-refractivity contribution in [2.45, 2.75) is 44.9 Å². The fourth-order valence-electron chi connectivity index (χ4n) is 1.62. The summed E-state index contributed by atoms with van der Waals surface area (Å²) in [5.41, 5.74) is 1.46. The molecule has 0 N–H and O–H groups in total. The maximum absolute atomic E-state index is 2.42. The molecule has 0 spiro atoms. The first kappa shape index (κ1) is 13.2. The summed E-state index contributed by atoms with van der Waals surface area (Å²) >= 11 is 0. The van der Waals surface area contributed by atoms with Crippen molar-refractivity contribution in [3.63, 3.8) is 0 Å². The predicted octanol–water partition coefficient (Wildman–Crippen LogP) is 4.90. The summed E-state index contributed by atoms with van der Waals surface area (Å²) in [6, 6.07) is 12.1. The van der Waals surface area contributed by atoms with E-state index < -0.39 is 8.07 Å². The summed E-state index contributed by atoms with van der Waals surface area (Å²) in [4.78, 5) is 0. The average Bonchev–Trinajstić information content (AvgIpc) is 2.23. The monoisotopic (exact) mass is 232 g/mol. The molecule has 0 aromatic heterocycles. The second-order valence-corrected chi connectivity index (χ2v) is 11.1. The first-order valence-electron chi connectivity index (χ1n) is 6.27. The van der Waals surface area contributed by atoms with Crippen LogP contribution in [0.5, 0.6) is 0 Å². The van der Waals surface area contributed by atoms with Crippen molar-refractivity contribution in [3.8, 4) is 0 Å². The second kappa shape index (κ2) is 6.69. The van der Waals surface area contributed by atoms with Crippen molar-refractivity contribution in [1.29, 1.82) is 0 Å².